The monoisotopic (exact) mass is 1350 g/mol. The molecule has 3 aliphatic carbocycles. The van der Waals surface area contributed by atoms with Gasteiger partial charge in [-0.05, 0) is 185 Å². The van der Waals surface area contributed by atoms with Crippen LogP contribution in [-0.4, -0.2) is 75.4 Å². The van der Waals surface area contributed by atoms with E-state index in [-0.39, 0.29) is 63.9 Å². The number of ether oxygens (including phenoxy) is 3. The number of alkyl halides is 2. The van der Waals surface area contributed by atoms with E-state index in [4.69, 9.17) is 38.4 Å². The fourth-order valence-electron chi connectivity index (χ4n) is 11.2. The number of pyridine rings is 3. The van der Waals surface area contributed by atoms with Gasteiger partial charge in [-0.1, -0.05) is 62.0 Å². The van der Waals surface area contributed by atoms with Crippen molar-refractivity contribution in [3.8, 4) is 0 Å². The number of aromatic amines is 3. The Morgan fingerprint density at radius 3 is 1.18 bits per heavy atom. The molecule has 24 heteroatoms. The van der Waals surface area contributed by atoms with Gasteiger partial charge in [0.15, 0.2) is 0 Å². The summed E-state index contributed by atoms with van der Waals surface area (Å²) in [6.45, 7) is 5.47. The van der Waals surface area contributed by atoms with Crippen LogP contribution in [0.2, 0.25) is 0 Å². The highest BCUT2D eigenvalue weighted by molar-refractivity contribution is 6.61. The third kappa shape index (κ3) is 19.2. The average molecular weight is 1350 g/mol. The topological polar surface area (TPSA) is 315 Å². The number of rotatable bonds is 8. The predicted octanol–water partition coefficient (Wildman–Crippen LogP) is 14.4. The number of para-hydroxylation sites is 3. The van der Waals surface area contributed by atoms with Crippen molar-refractivity contribution in [2.24, 2.45) is 5.73 Å². The molecule has 0 bridgehead atoms. The molecule has 21 nitrogen and oxygen atoms in total. The minimum Gasteiger partial charge on any atom is -0.457 e. The second-order valence-electron chi connectivity index (χ2n) is 23.0. The lowest BCUT2D eigenvalue weighted by molar-refractivity contribution is 0.0498. The zero-order valence-electron chi connectivity index (χ0n) is 52.3. The van der Waals surface area contributed by atoms with Gasteiger partial charge in [-0.15, -0.1) is 23.2 Å². The first-order chi connectivity index (χ1) is 45.1. The van der Waals surface area contributed by atoms with Crippen molar-refractivity contribution in [3.63, 3.8) is 0 Å². The lowest BCUT2D eigenvalue weighted by Gasteiger charge is -2.28. The summed E-state index contributed by atoms with van der Waals surface area (Å²) in [5.74, 6) is -1.38. The fraction of sp³-hybridized carbons (Fsp3) is 0.282. The Labute approximate surface area is 563 Å². The maximum Gasteiger partial charge on any atom is 0.408 e. The molecule has 0 saturated carbocycles. The summed E-state index contributed by atoms with van der Waals surface area (Å²) in [5.41, 5.74) is 14.4. The Morgan fingerprint density at radius 2 is 0.832 bits per heavy atom. The van der Waals surface area contributed by atoms with Gasteiger partial charge in [-0.2, -0.15) is 0 Å². The molecule has 498 valence electrons. The van der Waals surface area contributed by atoms with Crippen LogP contribution in [0.4, 0.5) is 31.4 Å². The summed E-state index contributed by atoms with van der Waals surface area (Å²) in [6, 6.07) is 38.0. The highest BCUT2D eigenvalue weighted by atomic mass is 35.5. The summed E-state index contributed by atoms with van der Waals surface area (Å²) >= 11 is 14.1. The molecule has 3 atom stereocenters. The van der Waals surface area contributed by atoms with E-state index in [9.17, 15) is 43.2 Å². The number of halogens is 3. The summed E-state index contributed by atoms with van der Waals surface area (Å²) in [7, 11) is 2.55. The second kappa shape index (κ2) is 33.9. The first-order valence-corrected chi connectivity index (χ1v) is 31.6. The third-order valence-corrected chi connectivity index (χ3v) is 15.8. The van der Waals surface area contributed by atoms with E-state index in [2.05, 4.69) is 57.9 Å². The summed E-state index contributed by atoms with van der Waals surface area (Å²) in [4.78, 5) is 118. The average Bonchev–Trinajstić information content (AvgIpc) is 0.864. The van der Waals surface area contributed by atoms with Gasteiger partial charge in [0.25, 0.3) is 17.7 Å². The van der Waals surface area contributed by atoms with Gasteiger partial charge in [-0.25, -0.2) is 14.4 Å². The van der Waals surface area contributed by atoms with Crippen molar-refractivity contribution in [2.75, 3.05) is 35.5 Å². The van der Waals surface area contributed by atoms with E-state index in [1.54, 1.807) is 48.5 Å². The Hall–Kier alpha value is -9.80. The molecule has 6 aromatic carbocycles. The lowest BCUT2D eigenvalue weighted by Crippen LogP contribution is -2.36. The Kier molecular flexibility index (Phi) is 25.9. The van der Waals surface area contributed by atoms with Crippen LogP contribution in [0.3, 0.4) is 0 Å². The number of aromatic nitrogens is 3. The van der Waals surface area contributed by atoms with Crippen LogP contribution in [-0.2, 0) is 33.5 Å². The highest BCUT2D eigenvalue weighted by Gasteiger charge is 2.27. The molecule has 3 aliphatic rings. The quantitative estimate of drug-likeness (QED) is 0.0389. The SMILES string of the molecule is C.CC(C)(C)OC(=O)NC1CCCc2ccc(NC(=O)c3c[nH]c4ccccc4c3=O)cc21.COC(=O)Cl.COC(=O)NC1CCCc2ccc(NC(=O)c3c[nH]c4ccccc4c3=O)cc21.ClCCl.NC1CCCc2ccc(NC(=O)c3c[nH]c4ccccc4c3=O)cc21. The molecule has 10 N–H and O–H groups in total. The van der Waals surface area contributed by atoms with Crippen molar-refractivity contribution in [3.05, 3.63) is 227 Å². The van der Waals surface area contributed by atoms with Gasteiger partial charge in [-0.3, -0.25) is 28.8 Å². The number of methoxy groups -OCH3 is 2. The van der Waals surface area contributed by atoms with E-state index in [1.165, 1.54) is 38.4 Å². The number of H-pyrrole nitrogens is 3. The Morgan fingerprint density at radius 1 is 0.505 bits per heavy atom. The van der Waals surface area contributed by atoms with E-state index in [0.717, 1.165) is 85.6 Å². The number of amides is 5. The number of nitrogens with two attached hydrogens (primary N) is 1. The number of benzene rings is 6. The maximum absolute atomic E-state index is 12.8. The molecule has 0 fully saturated rings. The van der Waals surface area contributed by atoms with Gasteiger partial charge < -0.3 is 61.5 Å². The zero-order chi connectivity index (χ0) is 67.6. The number of anilines is 3. The number of fused-ring (bicyclic) bond motifs is 6. The van der Waals surface area contributed by atoms with E-state index >= 15 is 0 Å². The molecule has 0 saturated heterocycles. The molecule has 3 unspecified atom stereocenters. The van der Waals surface area contributed by atoms with E-state index in [0.29, 0.717) is 49.8 Å². The first kappa shape index (κ1) is 72.6. The number of aryl methyl sites for hydroxylation is 3. The van der Waals surface area contributed by atoms with E-state index < -0.39 is 40.9 Å². The number of hydrogen-bond acceptors (Lipinski definition) is 13. The zero-order valence-corrected chi connectivity index (χ0v) is 54.5. The number of hydrogen-bond donors (Lipinski definition) is 9. The molecule has 3 heterocycles. The molecule has 3 aromatic heterocycles. The first-order valence-electron chi connectivity index (χ1n) is 30.2. The van der Waals surface area contributed by atoms with Crippen LogP contribution in [0.25, 0.3) is 32.7 Å². The maximum atomic E-state index is 12.8. The number of carbonyl (C=O) groups excluding carboxylic acids is 6. The van der Waals surface area contributed by atoms with Crippen molar-refractivity contribution < 1.29 is 43.0 Å². The fourth-order valence-corrected chi connectivity index (χ4v) is 11.2. The molecule has 0 aliphatic heterocycles. The predicted molar refractivity (Wildman–Crippen MR) is 375 cm³/mol. The summed E-state index contributed by atoms with van der Waals surface area (Å²) in [6.07, 6.45) is 11.7. The van der Waals surface area contributed by atoms with Crippen LogP contribution in [0.5, 0.6) is 0 Å². The Bertz CT molecular complexity index is 4450. The molecule has 0 radical (unpaired) electrons. The molecular formula is C71H76Cl3N9O12. The molecular weight excluding hydrogens is 1280 g/mol. The Balaban J connectivity index is 0.000000190. The van der Waals surface area contributed by atoms with Gasteiger partial charge >= 0.3 is 17.6 Å². The third-order valence-electron chi connectivity index (χ3n) is 15.6. The van der Waals surface area contributed by atoms with Gasteiger partial charge in [0, 0.05) is 86.0 Å². The van der Waals surface area contributed by atoms with Crippen LogP contribution in [0, 0.1) is 0 Å². The minimum absolute atomic E-state index is 0. The largest absolute Gasteiger partial charge is 0.457 e. The molecule has 12 rings (SSSR count). The van der Waals surface area contributed by atoms with Gasteiger partial charge in [0.2, 0.25) is 16.3 Å². The standard InChI is InChI=1S/C25H27N3O4.C22H21N3O4.C20H19N3O2.C2H3ClO2.CH2Cl2.CH4/c1-25(2,3)32-24(31)28-21-10-6-7-15-11-12-16(13-18(15)21)27-23(30)19-14-26-20-9-5-4-8-17(20)22(19)29;1-29-22(28)25-19-8-4-5-13-9-10-14(11-16(13)19)24-21(27)17-12-23-18-7-3-2-6-15(18)20(17)26;21-17-6-3-4-12-8-9-13(10-15(12)17)23-20(25)16-11-22-18-7-2-1-5-14(18)19(16)24;1-5-2(3)4;2-1-3;/h4-5,8-9,11-14,21H,6-7,10H2,1-3H3,(H,26,29)(H,27,30)(H,28,31);2-3,6-7,9-12,19H,4-5,8H2,1H3,(H,23,26)(H,24,27)(H,25,28);1-2,5,7-11,17H,3-4,6,21H2,(H,22,24)(H,23,25);1H3;1H2;1H4. The minimum atomic E-state index is -0.773. The summed E-state index contributed by atoms with van der Waals surface area (Å²) < 4.78 is 14.0. The second-order valence-corrected chi connectivity index (χ2v) is 24.2. The number of alkyl carbamates (subject to hydrolysis) is 2. The van der Waals surface area contributed by atoms with Crippen LogP contribution < -0.4 is 48.6 Å². The molecule has 0 spiro atoms. The number of carbonyl (C=O) groups is 6. The van der Waals surface area contributed by atoms with Crippen molar-refractivity contribution in [1.82, 2.24) is 25.6 Å². The lowest BCUT2D eigenvalue weighted by atomic mass is 9.87. The van der Waals surface area contributed by atoms with E-state index in [1.807, 2.05) is 99.6 Å². The smallest absolute Gasteiger partial charge is 0.408 e. The molecule has 5 amide bonds. The van der Waals surface area contributed by atoms with Crippen molar-refractivity contribution >= 4 is 120 Å². The molecule has 9 aromatic rings. The highest BCUT2D eigenvalue weighted by Crippen LogP contribution is 2.35. The van der Waals surface area contributed by atoms with Crippen LogP contribution >= 0.6 is 34.8 Å². The van der Waals surface area contributed by atoms with Crippen molar-refractivity contribution in [2.45, 2.75) is 110 Å². The van der Waals surface area contributed by atoms with Crippen LogP contribution in [0.15, 0.2) is 160 Å². The normalized spacial score (nSPS) is 14.9. The molecule has 95 heavy (non-hydrogen) atoms. The summed E-state index contributed by atoms with van der Waals surface area (Å²) in [5, 5.41) is 15.9. The van der Waals surface area contributed by atoms with Gasteiger partial charge in [0.05, 0.1) is 31.6 Å². The van der Waals surface area contributed by atoms with Crippen molar-refractivity contribution in [1.29, 1.82) is 0 Å². The van der Waals surface area contributed by atoms with Crippen LogP contribution in [0.1, 0.15) is 149 Å². The van der Waals surface area contributed by atoms with Gasteiger partial charge in [0.1, 0.15) is 22.3 Å². The number of nitrogens with one attached hydrogen (secondary N) is 8.